The van der Waals surface area contributed by atoms with E-state index in [9.17, 15) is 13.6 Å². The van der Waals surface area contributed by atoms with E-state index in [0.29, 0.717) is 28.4 Å². The number of carbonyl (C=O) groups excluding carboxylic acids is 1. The standard InChI is InChI=1S/C22H24Cl2F2N4O2/c1-22(2,3)27-10-13(7-12-5-6-16(25)17(26)8-12)29-21(31)18-9-14(20(24)32-18)19-15(23)11-28-30(19)4/h5-6,8-9,11,13,27H,7,10H2,1-4H3,(H,29,31). The Bertz CT molecular complexity index is 1100. The molecule has 10 heteroatoms. The van der Waals surface area contributed by atoms with E-state index in [1.807, 2.05) is 20.8 Å². The van der Waals surface area contributed by atoms with Crippen molar-refractivity contribution in [2.24, 2.45) is 7.05 Å². The quantitative estimate of drug-likeness (QED) is 0.495. The van der Waals surface area contributed by atoms with Gasteiger partial charge in [-0.1, -0.05) is 17.7 Å². The van der Waals surface area contributed by atoms with E-state index >= 15 is 0 Å². The molecule has 1 aromatic carbocycles. The van der Waals surface area contributed by atoms with Crippen LogP contribution in [0, 0.1) is 11.6 Å². The van der Waals surface area contributed by atoms with Gasteiger partial charge in [-0.2, -0.15) is 5.10 Å². The van der Waals surface area contributed by atoms with Crippen molar-refractivity contribution in [3.05, 3.63) is 63.7 Å². The molecule has 0 fully saturated rings. The van der Waals surface area contributed by atoms with E-state index in [-0.39, 0.29) is 22.9 Å². The molecule has 0 radical (unpaired) electrons. The average Bonchev–Trinajstić information content (AvgIpc) is 3.23. The molecule has 6 nitrogen and oxygen atoms in total. The zero-order chi connectivity index (χ0) is 23.6. The topological polar surface area (TPSA) is 72.1 Å². The molecule has 32 heavy (non-hydrogen) atoms. The summed E-state index contributed by atoms with van der Waals surface area (Å²) in [6, 6.07) is 4.74. The second-order valence-corrected chi connectivity index (χ2v) is 9.27. The third-order valence-electron chi connectivity index (χ3n) is 4.74. The van der Waals surface area contributed by atoms with Gasteiger partial charge in [-0.05, 0) is 56.5 Å². The number of furan rings is 1. The van der Waals surface area contributed by atoms with Gasteiger partial charge in [0.15, 0.2) is 17.4 Å². The first-order valence-corrected chi connectivity index (χ1v) is 10.7. The monoisotopic (exact) mass is 484 g/mol. The number of nitrogens with one attached hydrogen (secondary N) is 2. The van der Waals surface area contributed by atoms with Crippen LogP contribution in [0.1, 0.15) is 36.9 Å². The highest BCUT2D eigenvalue weighted by Gasteiger charge is 2.24. The minimum atomic E-state index is -0.938. The molecule has 3 aromatic rings. The van der Waals surface area contributed by atoms with Crippen LogP contribution in [0.2, 0.25) is 10.2 Å². The Balaban J connectivity index is 1.81. The average molecular weight is 485 g/mol. The van der Waals surface area contributed by atoms with E-state index in [1.54, 1.807) is 7.05 Å². The maximum Gasteiger partial charge on any atom is 0.287 e. The number of hydrogen-bond acceptors (Lipinski definition) is 4. The minimum absolute atomic E-state index is 0.00521. The third kappa shape index (κ3) is 5.88. The zero-order valence-corrected chi connectivity index (χ0v) is 19.6. The van der Waals surface area contributed by atoms with Gasteiger partial charge in [0.1, 0.15) is 0 Å². The predicted molar refractivity (Wildman–Crippen MR) is 120 cm³/mol. The second-order valence-electron chi connectivity index (χ2n) is 8.52. The summed E-state index contributed by atoms with van der Waals surface area (Å²) in [5.74, 6) is -2.37. The molecule has 0 saturated heterocycles. The summed E-state index contributed by atoms with van der Waals surface area (Å²) in [4.78, 5) is 12.9. The highest BCUT2D eigenvalue weighted by atomic mass is 35.5. The lowest BCUT2D eigenvalue weighted by Crippen LogP contribution is -2.48. The fraction of sp³-hybridized carbons (Fsp3) is 0.364. The van der Waals surface area contributed by atoms with Gasteiger partial charge in [0.25, 0.3) is 5.91 Å². The first-order valence-electron chi connectivity index (χ1n) is 9.91. The molecule has 0 bridgehead atoms. The lowest BCUT2D eigenvalue weighted by atomic mass is 10.0. The van der Waals surface area contributed by atoms with Crippen LogP contribution >= 0.6 is 23.2 Å². The number of nitrogens with zero attached hydrogens (tertiary/aromatic N) is 2. The summed E-state index contributed by atoms with van der Waals surface area (Å²) in [7, 11) is 1.69. The van der Waals surface area contributed by atoms with Gasteiger partial charge < -0.3 is 15.1 Å². The normalized spacial score (nSPS) is 12.8. The number of carbonyl (C=O) groups is 1. The Morgan fingerprint density at radius 2 is 1.94 bits per heavy atom. The van der Waals surface area contributed by atoms with E-state index in [1.165, 1.54) is 23.0 Å². The molecule has 1 amide bonds. The van der Waals surface area contributed by atoms with E-state index in [0.717, 1.165) is 12.1 Å². The molecular weight excluding hydrogens is 461 g/mol. The molecule has 0 aliphatic heterocycles. The lowest BCUT2D eigenvalue weighted by Gasteiger charge is -2.26. The molecule has 2 aromatic heterocycles. The van der Waals surface area contributed by atoms with Crippen molar-refractivity contribution < 1.29 is 18.0 Å². The third-order valence-corrected chi connectivity index (χ3v) is 5.30. The molecule has 3 rings (SSSR count). The molecule has 0 aliphatic carbocycles. The van der Waals surface area contributed by atoms with Crippen LogP contribution in [0.4, 0.5) is 8.78 Å². The Morgan fingerprint density at radius 3 is 2.53 bits per heavy atom. The number of aromatic nitrogens is 2. The number of hydrogen-bond donors (Lipinski definition) is 2. The van der Waals surface area contributed by atoms with Crippen molar-refractivity contribution in [3.8, 4) is 11.3 Å². The summed E-state index contributed by atoms with van der Waals surface area (Å²) in [5, 5.41) is 10.6. The van der Waals surface area contributed by atoms with Crippen molar-refractivity contribution in [1.82, 2.24) is 20.4 Å². The van der Waals surface area contributed by atoms with Gasteiger partial charge in [0.05, 0.1) is 22.5 Å². The van der Waals surface area contributed by atoms with Crippen molar-refractivity contribution in [2.75, 3.05) is 6.54 Å². The van der Waals surface area contributed by atoms with Gasteiger partial charge in [0, 0.05) is 31.2 Å². The van der Waals surface area contributed by atoms with Crippen molar-refractivity contribution in [1.29, 1.82) is 0 Å². The number of amides is 1. The van der Waals surface area contributed by atoms with Crippen molar-refractivity contribution >= 4 is 29.1 Å². The highest BCUT2D eigenvalue weighted by Crippen LogP contribution is 2.35. The minimum Gasteiger partial charge on any atom is -0.439 e. The van der Waals surface area contributed by atoms with Crippen LogP contribution in [0.5, 0.6) is 0 Å². The molecule has 0 aliphatic rings. The number of aryl methyl sites for hydroxylation is 1. The molecule has 2 N–H and O–H groups in total. The fourth-order valence-corrected chi connectivity index (χ4v) is 3.66. The van der Waals surface area contributed by atoms with Gasteiger partial charge in [0.2, 0.25) is 5.22 Å². The van der Waals surface area contributed by atoms with Crippen LogP contribution in [0.25, 0.3) is 11.3 Å². The molecule has 0 saturated carbocycles. The first-order chi connectivity index (χ1) is 14.9. The lowest BCUT2D eigenvalue weighted by molar-refractivity contribution is 0.0906. The van der Waals surface area contributed by atoms with Crippen LogP contribution in [-0.2, 0) is 13.5 Å². The largest absolute Gasteiger partial charge is 0.439 e. The highest BCUT2D eigenvalue weighted by molar-refractivity contribution is 6.35. The van der Waals surface area contributed by atoms with Crippen LogP contribution < -0.4 is 10.6 Å². The van der Waals surface area contributed by atoms with E-state index in [4.69, 9.17) is 27.6 Å². The Morgan fingerprint density at radius 1 is 1.22 bits per heavy atom. The molecule has 172 valence electrons. The predicted octanol–water partition coefficient (Wildman–Crippen LogP) is 4.99. The van der Waals surface area contributed by atoms with Gasteiger partial charge in [-0.25, -0.2) is 8.78 Å². The van der Waals surface area contributed by atoms with Crippen LogP contribution in [-0.4, -0.2) is 33.8 Å². The second kappa shape index (κ2) is 9.60. The summed E-state index contributed by atoms with van der Waals surface area (Å²) in [6.07, 6.45) is 1.75. The maximum atomic E-state index is 13.7. The molecular formula is C22H24Cl2F2N4O2. The number of benzene rings is 1. The maximum absolute atomic E-state index is 13.7. The van der Waals surface area contributed by atoms with Gasteiger partial charge in [-0.15, -0.1) is 0 Å². The summed E-state index contributed by atoms with van der Waals surface area (Å²) >= 11 is 12.4. The molecule has 1 atom stereocenters. The van der Waals surface area contributed by atoms with Gasteiger partial charge in [-0.3, -0.25) is 9.48 Å². The Labute approximate surface area is 194 Å². The number of rotatable bonds is 7. The first kappa shape index (κ1) is 24.2. The van der Waals surface area contributed by atoms with Gasteiger partial charge >= 0.3 is 0 Å². The van der Waals surface area contributed by atoms with E-state index in [2.05, 4.69) is 15.7 Å². The Hall–Kier alpha value is -2.42. The molecule has 2 heterocycles. The van der Waals surface area contributed by atoms with Crippen LogP contribution in [0.3, 0.4) is 0 Å². The summed E-state index contributed by atoms with van der Waals surface area (Å²) in [5.41, 5.74) is 1.29. The zero-order valence-electron chi connectivity index (χ0n) is 18.1. The smallest absolute Gasteiger partial charge is 0.287 e. The van der Waals surface area contributed by atoms with Crippen LogP contribution in [0.15, 0.2) is 34.9 Å². The fourth-order valence-electron chi connectivity index (χ4n) is 3.17. The summed E-state index contributed by atoms with van der Waals surface area (Å²) < 4.78 is 33.9. The van der Waals surface area contributed by atoms with E-state index < -0.39 is 23.6 Å². The SMILES string of the molecule is Cn1ncc(Cl)c1-c1cc(C(=O)NC(CNC(C)(C)C)Cc2ccc(F)c(F)c2)oc1Cl. The summed E-state index contributed by atoms with van der Waals surface area (Å²) in [6.45, 7) is 6.35. The number of halogens is 4. The molecule has 0 spiro atoms. The molecule has 1 unspecified atom stereocenters. The van der Waals surface area contributed by atoms with Crippen molar-refractivity contribution in [2.45, 2.75) is 38.8 Å². The Kier molecular flexibility index (Phi) is 7.27. The van der Waals surface area contributed by atoms with Crippen molar-refractivity contribution in [3.63, 3.8) is 0 Å².